The van der Waals surface area contributed by atoms with Gasteiger partial charge in [0.25, 0.3) is 0 Å². The molecule has 3 aliphatic rings. The van der Waals surface area contributed by atoms with Crippen LogP contribution in [0.3, 0.4) is 0 Å². The molecule has 177 valence electrons. The Labute approximate surface area is 203 Å². The third kappa shape index (κ3) is 7.82. The number of rotatable bonds is 0. The quantitative estimate of drug-likeness (QED) is 0.385. The van der Waals surface area contributed by atoms with Gasteiger partial charge >= 0.3 is 33.3 Å². The second-order valence-electron chi connectivity index (χ2n) is 9.22. The molecule has 0 spiro atoms. The predicted molar refractivity (Wildman–Crippen MR) is 127 cm³/mol. The fourth-order valence-corrected chi connectivity index (χ4v) is 5.43. The average Bonchev–Trinajstić information content (AvgIpc) is 2.79. The van der Waals surface area contributed by atoms with Gasteiger partial charge in [0.1, 0.15) is 0 Å². The number of pyridine rings is 1. The fraction of sp³-hybridized carbons (Fsp3) is 0.783. The van der Waals surface area contributed by atoms with Gasteiger partial charge in [-0.05, 0) is 51.7 Å². The van der Waals surface area contributed by atoms with Crippen LogP contribution in [0.5, 0.6) is 0 Å². The van der Waals surface area contributed by atoms with Crippen molar-refractivity contribution < 1.29 is 13.1 Å². The van der Waals surface area contributed by atoms with E-state index in [0.29, 0.717) is 24.2 Å². The molecule has 0 amide bonds. The summed E-state index contributed by atoms with van der Waals surface area (Å²) < 4.78 is 0. The maximum atomic E-state index is 5.06. The molecule has 2 fully saturated rings. The van der Waals surface area contributed by atoms with Gasteiger partial charge in [-0.25, -0.2) is 0 Å². The Morgan fingerprint density at radius 3 is 1.55 bits per heavy atom. The Morgan fingerprint density at radius 2 is 1.13 bits per heavy atom. The first kappa shape index (κ1) is 25.7. The van der Waals surface area contributed by atoms with Crippen LogP contribution >= 0.6 is 20.2 Å². The van der Waals surface area contributed by atoms with Gasteiger partial charge in [-0.2, -0.15) is 0 Å². The van der Waals surface area contributed by atoms with Gasteiger partial charge in [0.15, 0.2) is 0 Å². The molecule has 1 aromatic rings. The third-order valence-corrected chi connectivity index (χ3v) is 7.08. The van der Waals surface area contributed by atoms with E-state index in [2.05, 4.69) is 53.3 Å². The van der Waals surface area contributed by atoms with E-state index >= 15 is 0 Å². The molecule has 0 saturated heterocycles. The van der Waals surface area contributed by atoms with E-state index in [-0.39, 0.29) is 25.2 Å². The van der Waals surface area contributed by atoms with Gasteiger partial charge in [-0.3, -0.25) is 4.98 Å². The molecular weight excluding hydrogens is 472 g/mol. The van der Waals surface area contributed by atoms with Gasteiger partial charge in [0, 0.05) is 49.3 Å². The number of hydrogen-bond acceptors (Lipinski definition) is 5. The first-order valence-corrected chi connectivity index (χ1v) is 15.2. The van der Waals surface area contributed by atoms with Crippen molar-refractivity contribution in [2.45, 2.75) is 101 Å². The summed E-state index contributed by atoms with van der Waals surface area (Å²) in [5.74, 6) is 0. The van der Waals surface area contributed by atoms with Crippen molar-refractivity contribution in [1.82, 2.24) is 26.3 Å². The van der Waals surface area contributed by atoms with Crippen molar-refractivity contribution >= 4 is 20.2 Å². The van der Waals surface area contributed by atoms with Crippen molar-refractivity contribution in [3.05, 3.63) is 29.6 Å². The minimum absolute atomic E-state index is 0.00694. The zero-order chi connectivity index (χ0) is 22.1. The second kappa shape index (κ2) is 13.7. The summed E-state index contributed by atoms with van der Waals surface area (Å²) in [4.78, 5) is 5.06. The maximum absolute atomic E-state index is 5.06. The van der Waals surface area contributed by atoms with E-state index in [0.717, 1.165) is 13.1 Å². The zero-order valence-electron chi connectivity index (χ0n) is 18.8. The minimum atomic E-state index is 0.00694. The molecule has 4 unspecified atom stereocenters. The second-order valence-corrected chi connectivity index (χ2v) is 11.2. The Hall–Kier alpha value is 0.0895. The normalized spacial score (nSPS) is 34.7. The fourth-order valence-electron chi connectivity index (χ4n) is 5.43. The monoisotopic (exact) mass is 510 g/mol. The van der Waals surface area contributed by atoms with E-state index in [9.17, 15) is 0 Å². The summed E-state index contributed by atoms with van der Waals surface area (Å²) in [7, 11) is 9.59. The van der Waals surface area contributed by atoms with E-state index in [4.69, 9.17) is 25.2 Å². The molecule has 4 rings (SSSR count). The standard InChI is InChI=1S/C23H39N5.2ClH.Mn/c1-16-18-12-7-13-19(28-18)17(2)27-23-11-6-4-9-21(23)25-15-14-24-20-8-3-5-10-22(20)26-16;;;/h7,12-13,16-17,20-27H,3-6,8-11,14-15H2,1-2H3;2*1H;/q;;;+2/p-2/t16-,17+,20?,21?,22?,23?;;;. The molecule has 0 radical (unpaired) electrons. The number of hydrogen-bond donors (Lipinski definition) is 4. The number of halogens is 2. The van der Waals surface area contributed by atoms with Crippen LogP contribution in [0.25, 0.3) is 0 Å². The van der Waals surface area contributed by atoms with Crippen molar-refractivity contribution in [2.24, 2.45) is 0 Å². The number of fused-ring (bicyclic) bond motifs is 4. The number of nitrogens with zero attached hydrogens (tertiary/aromatic N) is 1. The van der Waals surface area contributed by atoms with Crippen molar-refractivity contribution in [3.63, 3.8) is 0 Å². The van der Waals surface area contributed by atoms with Gasteiger partial charge in [0.05, 0.1) is 11.4 Å². The summed E-state index contributed by atoms with van der Waals surface area (Å²) in [6, 6.07) is 9.34. The van der Waals surface area contributed by atoms with Crippen LogP contribution in [-0.4, -0.2) is 42.2 Å². The Bertz CT molecular complexity index is 603. The van der Waals surface area contributed by atoms with Gasteiger partial charge in [0.2, 0.25) is 0 Å². The Balaban J connectivity index is 0.000000858. The average molecular weight is 511 g/mol. The zero-order valence-corrected chi connectivity index (χ0v) is 21.5. The number of aromatic nitrogens is 1. The van der Waals surface area contributed by atoms with Crippen molar-refractivity contribution in [1.29, 1.82) is 0 Å². The first-order chi connectivity index (χ1) is 15.1. The van der Waals surface area contributed by atoms with Gasteiger partial charge in [-0.1, -0.05) is 31.7 Å². The van der Waals surface area contributed by atoms with Crippen LogP contribution in [-0.2, 0) is 13.1 Å². The van der Waals surface area contributed by atoms with Crippen LogP contribution in [0.1, 0.15) is 88.7 Å². The predicted octanol–water partition coefficient (Wildman–Crippen LogP) is 4.57. The molecule has 2 saturated carbocycles. The summed E-state index contributed by atoms with van der Waals surface area (Å²) in [5, 5.41) is 15.5. The van der Waals surface area contributed by atoms with Crippen LogP contribution in [0.4, 0.5) is 0 Å². The molecule has 2 heterocycles. The van der Waals surface area contributed by atoms with E-state index in [1.54, 1.807) is 0 Å². The summed E-state index contributed by atoms with van der Waals surface area (Å²) >= 11 is 0.00694. The van der Waals surface area contributed by atoms with E-state index in [1.165, 1.54) is 62.8 Å². The summed E-state index contributed by atoms with van der Waals surface area (Å²) in [6.45, 7) is 6.66. The Morgan fingerprint density at radius 1 is 0.742 bits per heavy atom. The van der Waals surface area contributed by atoms with Crippen LogP contribution < -0.4 is 21.3 Å². The molecule has 4 N–H and O–H groups in total. The molecule has 0 aromatic carbocycles. The van der Waals surface area contributed by atoms with Crippen LogP contribution in [0.15, 0.2) is 18.2 Å². The number of nitrogens with one attached hydrogen (secondary N) is 4. The molecule has 8 heteroatoms. The molecule has 2 bridgehead atoms. The molecule has 1 aliphatic heterocycles. The molecule has 6 atom stereocenters. The van der Waals surface area contributed by atoms with E-state index < -0.39 is 0 Å². The Kier molecular flexibility index (Phi) is 11.4. The van der Waals surface area contributed by atoms with Crippen molar-refractivity contribution in [3.8, 4) is 0 Å². The summed E-state index contributed by atoms with van der Waals surface area (Å²) in [6.07, 6.45) is 10.4. The molecule has 2 aliphatic carbocycles. The summed E-state index contributed by atoms with van der Waals surface area (Å²) in [5.41, 5.74) is 2.34. The molecule has 5 nitrogen and oxygen atoms in total. The molecular formula is C23H39Cl2MnN5. The molecule has 1 aromatic heterocycles. The topological polar surface area (TPSA) is 61.0 Å². The van der Waals surface area contributed by atoms with E-state index in [1.807, 2.05) is 0 Å². The van der Waals surface area contributed by atoms with Crippen LogP contribution in [0.2, 0.25) is 0 Å². The third-order valence-electron chi connectivity index (χ3n) is 7.08. The van der Waals surface area contributed by atoms with Gasteiger partial charge in [-0.15, -0.1) is 0 Å². The van der Waals surface area contributed by atoms with Crippen LogP contribution in [0, 0.1) is 0 Å². The van der Waals surface area contributed by atoms with Gasteiger partial charge < -0.3 is 21.3 Å². The SMILES string of the molecule is C[C@@H]1NC2CCCCC2NCCNC2CCCCC2N[C@H](C)c2cccc1n2.[Cl][Mn][Cl]. The van der Waals surface area contributed by atoms with Crippen molar-refractivity contribution in [2.75, 3.05) is 13.1 Å². The molecule has 31 heavy (non-hydrogen) atoms. The first-order valence-electron chi connectivity index (χ1n) is 11.9.